The first kappa shape index (κ1) is 10.2. The van der Waals surface area contributed by atoms with Gasteiger partial charge in [0.2, 0.25) is 0 Å². The molecule has 1 unspecified atom stereocenters. The van der Waals surface area contributed by atoms with Crippen LogP contribution in [0.4, 0.5) is 4.39 Å². The Labute approximate surface area is 77.9 Å². The molecule has 2 nitrogen and oxygen atoms in total. The minimum absolute atomic E-state index is 0.110. The molecule has 0 saturated carbocycles. The van der Waals surface area contributed by atoms with Crippen LogP contribution >= 0.6 is 0 Å². The van der Waals surface area contributed by atoms with E-state index in [-0.39, 0.29) is 11.9 Å². The Bertz CT molecular complexity index is 282. The van der Waals surface area contributed by atoms with Crippen LogP contribution in [0.25, 0.3) is 0 Å². The Morgan fingerprint density at radius 2 is 2.23 bits per heavy atom. The van der Waals surface area contributed by atoms with Gasteiger partial charge in [0.05, 0.1) is 0 Å². The van der Waals surface area contributed by atoms with Crippen LogP contribution in [-0.4, -0.2) is 13.6 Å². The molecule has 1 aromatic carbocycles. The van der Waals surface area contributed by atoms with Gasteiger partial charge in [-0.15, -0.1) is 0 Å². The maximum Gasteiger partial charge on any atom is 0.126 e. The third kappa shape index (κ3) is 2.26. The minimum atomic E-state index is -0.171. The van der Waals surface area contributed by atoms with Crippen LogP contribution in [0.5, 0.6) is 0 Å². The third-order valence-electron chi connectivity index (χ3n) is 2.17. The fourth-order valence-corrected chi connectivity index (χ4v) is 1.31. The molecule has 0 fully saturated rings. The molecule has 3 N–H and O–H groups in total. The third-order valence-corrected chi connectivity index (χ3v) is 2.17. The van der Waals surface area contributed by atoms with Crippen LogP contribution in [0.3, 0.4) is 0 Å². The topological polar surface area (TPSA) is 38.0 Å². The van der Waals surface area contributed by atoms with Gasteiger partial charge in [-0.2, -0.15) is 0 Å². The Morgan fingerprint density at radius 1 is 1.54 bits per heavy atom. The van der Waals surface area contributed by atoms with Crippen molar-refractivity contribution in [1.82, 2.24) is 5.32 Å². The first-order valence-electron chi connectivity index (χ1n) is 4.32. The van der Waals surface area contributed by atoms with Crippen molar-refractivity contribution in [2.75, 3.05) is 13.6 Å². The van der Waals surface area contributed by atoms with Gasteiger partial charge in [0.1, 0.15) is 5.82 Å². The van der Waals surface area contributed by atoms with Crippen molar-refractivity contribution >= 4 is 0 Å². The van der Waals surface area contributed by atoms with Crippen molar-refractivity contribution in [2.24, 2.45) is 5.73 Å². The number of aryl methyl sites for hydroxylation is 1. The first-order valence-corrected chi connectivity index (χ1v) is 4.32. The Hall–Kier alpha value is -0.930. The molecule has 0 saturated heterocycles. The van der Waals surface area contributed by atoms with Crippen LogP contribution in [0, 0.1) is 12.7 Å². The van der Waals surface area contributed by atoms with Crippen molar-refractivity contribution in [3.8, 4) is 0 Å². The molecule has 0 heterocycles. The van der Waals surface area contributed by atoms with E-state index in [9.17, 15) is 4.39 Å². The fraction of sp³-hybridized carbons (Fsp3) is 0.400. The van der Waals surface area contributed by atoms with Crippen LogP contribution in [0.1, 0.15) is 17.2 Å². The van der Waals surface area contributed by atoms with Crippen LogP contribution < -0.4 is 11.1 Å². The number of halogens is 1. The lowest BCUT2D eigenvalue weighted by atomic mass is 10.0. The van der Waals surface area contributed by atoms with Crippen molar-refractivity contribution < 1.29 is 4.39 Å². The molecule has 1 aromatic rings. The summed E-state index contributed by atoms with van der Waals surface area (Å²) >= 11 is 0. The smallest absolute Gasteiger partial charge is 0.126 e. The highest BCUT2D eigenvalue weighted by Gasteiger charge is 2.07. The predicted octanol–water partition coefficient (Wildman–Crippen LogP) is 1.35. The molecular formula is C10H15FN2. The van der Waals surface area contributed by atoms with Gasteiger partial charge in [-0.05, 0) is 31.2 Å². The van der Waals surface area contributed by atoms with Gasteiger partial charge in [0.25, 0.3) is 0 Å². The summed E-state index contributed by atoms with van der Waals surface area (Å²) in [6.45, 7) is 2.27. The van der Waals surface area contributed by atoms with Crippen molar-refractivity contribution in [2.45, 2.75) is 13.0 Å². The molecule has 3 heteroatoms. The number of likely N-dealkylation sites (N-methyl/N-ethyl adjacent to an activating group) is 1. The normalized spacial score (nSPS) is 12.9. The summed E-state index contributed by atoms with van der Waals surface area (Å²) in [4.78, 5) is 0. The van der Waals surface area contributed by atoms with E-state index < -0.39 is 0 Å². The summed E-state index contributed by atoms with van der Waals surface area (Å²) in [5, 5.41) is 3.07. The number of nitrogens with one attached hydrogen (secondary N) is 1. The summed E-state index contributed by atoms with van der Waals surface area (Å²) in [6, 6.07) is 5.17. The van der Waals surface area contributed by atoms with Gasteiger partial charge in [-0.1, -0.05) is 12.1 Å². The Balaban J connectivity index is 2.95. The second kappa shape index (κ2) is 4.35. The molecule has 0 bridgehead atoms. The molecule has 0 aromatic heterocycles. The van der Waals surface area contributed by atoms with E-state index in [4.69, 9.17) is 5.73 Å². The first-order chi connectivity index (χ1) is 6.19. The number of benzene rings is 1. The van der Waals surface area contributed by atoms with Gasteiger partial charge in [-0.25, -0.2) is 4.39 Å². The van der Waals surface area contributed by atoms with E-state index in [1.807, 2.05) is 13.1 Å². The maximum atomic E-state index is 12.9. The van der Waals surface area contributed by atoms with E-state index in [2.05, 4.69) is 5.32 Å². The Kier molecular flexibility index (Phi) is 3.39. The molecule has 1 rings (SSSR count). The van der Waals surface area contributed by atoms with E-state index in [1.165, 1.54) is 6.07 Å². The lowest BCUT2D eigenvalue weighted by Gasteiger charge is -2.14. The van der Waals surface area contributed by atoms with Crippen molar-refractivity contribution in [3.05, 3.63) is 35.1 Å². The highest BCUT2D eigenvalue weighted by Crippen LogP contribution is 2.15. The summed E-state index contributed by atoms with van der Waals surface area (Å²) in [7, 11) is 1.84. The van der Waals surface area contributed by atoms with Gasteiger partial charge in [-0.3, -0.25) is 0 Å². The molecule has 0 radical (unpaired) electrons. The maximum absolute atomic E-state index is 12.9. The van der Waals surface area contributed by atoms with E-state index in [1.54, 1.807) is 13.0 Å². The fourth-order valence-electron chi connectivity index (χ4n) is 1.31. The predicted molar refractivity (Wildman–Crippen MR) is 52.0 cm³/mol. The average Bonchev–Trinajstić information content (AvgIpc) is 2.13. The number of hydrogen-bond donors (Lipinski definition) is 2. The molecule has 0 aliphatic rings. The van der Waals surface area contributed by atoms with Crippen molar-refractivity contribution in [3.63, 3.8) is 0 Å². The summed E-state index contributed by atoms with van der Waals surface area (Å²) in [6.07, 6.45) is 0. The molecule has 0 aliphatic heterocycles. The highest BCUT2D eigenvalue weighted by atomic mass is 19.1. The second-order valence-electron chi connectivity index (χ2n) is 3.09. The lowest BCUT2D eigenvalue weighted by molar-refractivity contribution is 0.593. The van der Waals surface area contributed by atoms with Crippen LogP contribution in [0.15, 0.2) is 18.2 Å². The van der Waals surface area contributed by atoms with Gasteiger partial charge in [0, 0.05) is 12.6 Å². The van der Waals surface area contributed by atoms with Gasteiger partial charge < -0.3 is 11.1 Å². The van der Waals surface area contributed by atoms with Crippen LogP contribution in [0.2, 0.25) is 0 Å². The molecule has 0 spiro atoms. The lowest BCUT2D eigenvalue weighted by Crippen LogP contribution is -2.24. The molecule has 0 aliphatic carbocycles. The van der Waals surface area contributed by atoms with Gasteiger partial charge in [0.15, 0.2) is 0 Å². The number of nitrogens with two attached hydrogens (primary N) is 1. The molecule has 72 valence electrons. The zero-order chi connectivity index (χ0) is 9.84. The summed E-state index contributed by atoms with van der Waals surface area (Å²) in [5.74, 6) is -0.171. The average molecular weight is 182 g/mol. The largest absolute Gasteiger partial charge is 0.329 e. The highest BCUT2D eigenvalue weighted by molar-refractivity contribution is 5.26. The Morgan fingerprint density at radius 3 is 2.69 bits per heavy atom. The molecule has 13 heavy (non-hydrogen) atoms. The van der Waals surface area contributed by atoms with Crippen LogP contribution in [-0.2, 0) is 0 Å². The van der Waals surface area contributed by atoms with Gasteiger partial charge >= 0.3 is 0 Å². The standard InChI is InChI=1S/C10H15FN2/c1-7-5-8(3-4-9(7)11)10(6-12)13-2/h3-5,10,13H,6,12H2,1-2H3. The zero-order valence-corrected chi connectivity index (χ0v) is 7.97. The molecule has 0 amide bonds. The summed E-state index contributed by atoms with van der Waals surface area (Å²) in [5.41, 5.74) is 7.24. The van der Waals surface area contributed by atoms with E-state index in [0.717, 1.165) is 5.56 Å². The minimum Gasteiger partial charge on any atom is -0.329 e. The number of hydrogen-bond acceptors (Lipinski definition) is 2. The monoisotopic (exact) mass is 182 g/mol. The quantitative estimate of drug-likeness (QED) is 0.740. The van der Waals surface area contributed by atoms with E-state index in [0.29, 0.717) is 12.1 Å². The number of rotatable bonds is 3. The zero-order valence-electron chi connectivity index (χ0n) is 7.97. The van der Waals surface area contributed by atoms with Crippen molar-refractivity contribution in [1.29, 1.82) is 0 Å². The molecule has 1 atom stereocenters. The summed E-state index contributed by atoms with van der Waals surface area (Å²) < 4.78 is 12.9. The van der Waals surface area contributed by atoms with E-state index >= 15 is 0 Å². The molecular weight excluding hydrogens is 167 g/mol. The second-order valence-corrected chi connectivity index (χ2v) is 3.09. The SMILES string of the molecule is CNC(CN)c1ccc(F)c(C)c1.